The summed E-state index contributed by atoms with van der Waals surface area (Å²) in [5.41, 5.74) is 2.80. The van der Waals surface area contributed by atoms with Gasteiger partial charge in [-0.3, -0.25) is 0 Å². The highest BCUT2D eigenvalue weighted by molar-refractivity contribution is 5.75. The number of nitrogens with one attached hydrogen (secondary N) is 3. The molecule has 1 saturated heterocycles. The fourth-order valence-electron chi connectivity index (χ4n) is 2.42. The number of imidazole rings is 1. The smallest absolute Gasteiger partial charge is 0.323 e. The summed E-state index contributed by atoms with van der Waals surface area (Å²) in [4.78, 5) is 16.7. The molecule has 0 atom stereocenters. The first-order valence-corrected chi connectivity index (χ1v) is 5.68. The van der Waals surface area contributed by atoms with Gasteiger partial charge in [0.15, 0.2) is 0 Å². The number of ether oxygens (including phenoxy) is 1. The Hall–Kier alpha value is -1.59. The van der Waals surface area contributed by atoms with Crippen molar-refractivity contribution in [2.45, 2.75) is 5.41 Å². The van der Waals surface area contributed by atoms with Gasteiger partial charge in [0.2, 0.25) is 0 Å². The topological polar surface area (TPSA) is 69.9 Å². The highest BCUT2D eigenvalue weighted by Crippen LogP contribution is 2.32. The van der Waals surface area contributed by atoms with Gasteiger partial charge in [0.25, 0.3) is 0 Å². The van der Waals surface area contributed by atoms with E-state index in [2.05, 4.69) is 21.4 Å². The fourth-order valence-corrected chi connectivity index (χ4v) is 2.42. The van der Waals surface area contributed by atoms with Crippen LogP contribution < -0.4 is 11.0 Å². The number of hydrogen-bond donors (Lipinski definition) is 3. The molecule has 0 aliphatic carbocycles. The van der Waals surface area contributed by atoms with E-state index in [0.29, 0.717) is 0 Å². The maximum Gasteiger partial charge on any atom is 0.323 e. The van der Waals surface area contributed by atoms with E-state index in [9.17, 15) is 4.79 Å². The minimum absolute atomic E-state index is 0.0527. The molecule has 0 saturated carbocycles. The van der Waals surface area contributed by atoms with Crippen LogP contribution in [0.15, 0.2) is 23.0 Å². The van der Waals surface area contributed by atoms with Crippen molar-refractivity contribution in [3.8, 4) is 0 Å². The van der Waals surface area contributed by atoms with E-state index in [1.807, 2.05) is 19.2 Å². The van der Waals surface area contributed by atoms with Crippen LogP contribution in [0, 0.1) is 0 Å². The molecule has 0 radical (unpaired) electrons. The van der Waals surface area contributed by atoms with Crippen LogP contribution in [-0.2, 0) is 10.2 Å². The van der Waals surface area contributed by atoms with Gasteiger partial charge in [-0.05, 0) is 24.7 Å². The van der Waals surface area contributed by atoms with E-state index in [4.69, 9.17) is 4.74 Å². The maximum atomic E-state index is 11.2. The highest BCUT2D eigenvalue weighted by atomic mass is 16.5. The number of aromatic nitrogens is 2. The van der Waals surface area contributed by atoms with Gasteiger partial charge >= 0.3 is 5.69 Å². The fraction of sp³-hybridized carbons (Fsp3) is 0.417. The molecule has 2 aromatic rings. The number of H-pyrrole nitrogens is 2. The minimum atomic E-state index is -0.162. The Bertz CT molecular complexity index is 595. The van der Waals surface area contributed by atoms with Crippen molar-refractivity contribution in [2.75, 3.05) is 26.8 Å². The molecule has 1 aromatic heterocycles. The largest absolute Gasteiger partial charge is 0.379 e. The Balaban J connectivity index is 2.07. The lowest BCUT2D eigenvalue weighted by molar-refractivity contribution is -0.0581. The molecule has 3 N–H and O–H groups in total. The average Bonchev–Trinajstić information content (AvgIpc) is 2.62. The monoisotopic (exact) mass is 233 g/mol. The van der Waals surface area contributed by atoms with Crippen LogP contribution in [0.2, 0.25) is 0 Å². The van der Waals surface area contributed by atoms with E-state index >= 15 is 0 Å². The molecule has 1 fully saturated rings. The quantitative estimate of drug-likeness (QED) is 0.716. The zero-order valence-electron chi connectivity index (χ0n) is 9.67. The van der Waals surface area contributed by atoms with Crippen LogP contribution in [0.3, 0.4) is 0 Å². The summed E-state index contributed by atoms with van der Waals surface area (Å²) in [6.45, 7) is 2.34. The van der Waals surface area contributed by atoms with Gasteiger partial charge in [0, 0.05) is 6.54 Å². The molecule has 1 aromatic carbocycles. The molecule has 1 aliphatic heterocycles. The van der Waals surface area contributed by atoms with E-state index < -0.39 is 0 Å². The molecule has 5 heteroatoms. The van der Waals surface area contributed by atoms with Crippen LogP contribution in [-0.4, -0.2) is 36.8 Å². The van der Waals surface area contributed by atoms with E-state index in [1.165, 1.54) is 5.56 Å². The number of hydrogen-bond acceptors (Lipinski definition) is 3. The second-order valence-corrected chi connectivity index (χ2v) is 4.64. The van der Waals surface area contributed by atoms with Gasteiger partial charge < -0.3 is 20.0 Å². The molecule has 0 spiro atoms. The lowest BCUT2D eigenvalue weighted by atomic mass is 9.78. The van der Waals surface area contributed by atoms with Crippen LogP contribution in [0.5, 0.6) is 0 Å². The number of likely N-dealkylation sites (N-methyl/N-ethyl adjacent to an activating group) is 1. The number of benzene rings is 1. The molecule has 90 valence electrons. The predicted molar refractivity (Wildman–Crippen MR) is 65.3 cm³/mol. The Labute approximate surface area is 98.2 Å². The molecule has 5 nitrogen and oxygen atoms in total. The summed E-state index contributed by atoms with van der Waals surface area (Å²) in [6, 6.07) is 6.04. The van der Waals surface area contributed by atoms with Crippen LogP contribution in [0.4, 0.5) is 0 Å². The van der Waals surface area contributed by atoms with Gasteiger partial charge in [-0.2, -0.15) is 0 Å². The Morgan fingerprint density at radius 2 is 2.12 bits per heavy atom. The summed E-state index contributed by atoms with van der Waals surface area (Å²) in [7, 11) is 1.94. The molecule has 0 amide bonds. The van der Waals surface area contributed by atoms with Gasteiger partial charge in [-0.1, -0.05) is 6.07 Å². The first-order chi connectivity index (χ1) is 8.23. The Kier molecular flexibility index (Phi) is 2.31. The molecule has 0 unspecified atom stereocenters. The molecule has 3 rings (SSSR count). The molecular formula is C12H15N3O2. The predicted octanol–water partition coefficient (Wildman–Crippen LogP) is 0.344. The van der Waals surface area contributed by atoms with Gasteiger partial charge in [-0.25, -0.2) is 4.79 Å². The summed E-state index contributed by atoms with van der Waals surface area (Å²) >= 11 is 0. The Morgan fingerprint density at radius 1 is 1.35 bits per heavy atom. The summed E-state index contributed by atoms with van der Waals surface area (Å²) < 4.78 is 5.34. The van der Waals surface area contributed by atoms with Crippen LogP contribution in [0.25, 0.3) is 11.0 Å². The lowest BCUT2D eigenvalue weighted by Crippen LogP contribution is -2.52. The lowest BCUT2D eigenvalue weighted by Gasteiger charge is -2.41. The van der Waals surface area contributed by atoms with E-state index in [1.54, 1.807) is 0 Å². The third kappa shape index (κ3) is 1.59. The van der Waals surface area contributed by atoms with Gasteiger partial charge in [-0.15, -0.1) is 0 Å². The zero-order valence-corrected chi connectivity index (χ0v) is 9.67. The molecule has 17 heavy (non-hydrogen) atoms. The SMILES string of the molecule is CNCC1(c2ccc3[nH]c(=O)[nH]c3c2)COC1. The Morgan fingerprint density at radius 3 is 2.76 bits per heavy atom. The van der Waals surface area contributed by atoms with Crippen LogP contribution >= 0.6 is 0 Å². The van der Waals surface area contributed by atoms with E-state index in [0.717, 1.165) is 30.8 Å². The molecule has 1 aliphatic rings. The maximum absolute atomic E-state index is 11.2. The van der Waals surface area contributed by atoms with Gasteiger partial charge in [0.1, 0.15) is 0 Å². The number of aromatic amines is 2. The van der Waals surface area contributed by atoms with Crippen molar-refractivity contribution in [3.05, 3.63) is 34.2 Å². The normalized spacial score (nSPS) is 18.2. The second kappa shape index (κ2) is 3.72. The van der Waals surface area contributed by atoms with Crippen molar-refractivity contribution in [1.82, 2.24) is 15.3 Å². The van der Waals surface area contributed by atoms with Crippen molar-refractivity contribution in [1.29, 1.82) is 0 Å². The summed E-state index contributed by atoms with van der Waals surface area (Å²) in [5.74, 6) is 0. The third-order valence-electron chi connectivity index (χ3n) is 3.40. The average molecular weight is 233 g/mol. The molecule has 2 heterocycles. The van der Waals surface area contributed by atoms with Crippen molar-refractivity contribution in [2.24, 2.45) is 0 Å². The molecular weight excluding hydrogens is 218 g/mol. The number of fused-ring (bicyclic) bond motifs is 1. The summed E-state index contributed by atoms with van der Waals surface area (Å²) in [5, 5.41) is 3.20. The van der Waals surface area contributed by atoms with Crippen molar-refractivity contribution < 1.29 is 4.74 Å². The van der Waals surface area contributed by atoms with Crippen LogP contribution in [0.1, 0.15) is 5.56 Å². The standard InChI is InChI=1S/C12H15N3O2/c1-13-5-12(6-17-7-12)8-2-3-9-10(4-8)15-11(16)14-9/h2-4,13H,5-7H2,1H3,(H2,14,15,16). The van der Waals surface area contributed by atoms with Gasteiger partial charge in [0.05, 0.1) is 29.7 Å². The minimum Gasteiger partial charge on any atom is -0.379 e. The van der Waals surface area contributed by atoms with Crippen molar-refractivity contribution >= 4 is 11.0 Å². The third-order valence-corrected chi connectivity index (χ3v) is 3.40. The second-order valence-electron chi connectivity index (χ2n) is 4.64. The number of rotatable bonds is 3. The first-order valence-electron chi connectivity index (χ1n) is 5.68. The summed E-state index contributed by atoms with van der Waals surface area (Å²) in [6.07, 6.45) is 0. The zero-order chi connectivity index (χ0) is 11.9. The highest BCUT2D eigenvalue weighted by Gasteiger charge is 2.39. The first kappa shape index (κ1) is 10.6. The molecule has 0 bridgehead atoms. The van der Waals surface area contributed by atoms with E-state index in [-0.39, 0.29) is 11.1 Å². The van der Waals surface area contributed by atoms with Crippen molar-refractivity contribution in [3.63, 3.8) is 0 Å².